The van der Waals surface area contributed by atoms with Crippen LogP contribution in [0.15, 0.2) is 74.6 Å². The van der Waals surface area contributed by atoms with Crippen molar-refractivity contribution in [3.05, 3.63) is 92.1 Å². The minimum absolute atomic E-state index is 0.185. The average Bonchev–Trinajstić information content (AvgIpc) is 2.77. The van der Waals surface area contributed by atoms with Crippen LogP contribution in [0, 0.1) is 5.82 Å². The summed E-state index contributed by atoms with van der Waals surface area (Å²) in [5, 5.41) is 14.0. The second-order valence-corrected chi connectivity index (χ2v) is 8.78. The smallest absolute Gasteiger partial charge is 0.137 e. The number of rotatable bonds is 4. The minimum atomic E-state index is -0.403. The van der Waals surface area contributed by atoms with Crippen molar-refractivity contribution in [1.82, 2.24) is 5.32 Å². The zero-order valence-electron chi connectivity index (χ0n) is 16.1. The van der Waals surface area contributed by atoms with E-state index in [1.54, 1.807) is 31.4 Å². The summed E-state index contributed by atoms with van der Waals surface area (Å²) in [5.41, 5.74) is 3.41. The molecule has 30 heavy (non-hydrogen) atoms. The first-order valence-electron chi connectivity index (χ1n) is 9.35. The number of methoxy groups -OCH3 is 1. The molecule has 4 nitrogen and oxygen atoms in total. The molecule has 4 rings (SSSR count). The maximum absolute atomic E-state index is 13.8. The molecule has 154 valence electrons. The molecule has 1 aliphatic heterocycles. The van der Waals surface area contributed by atoms with Crippen LogP contribution in [-0.4, -0.2) is 17.9 Å². The predicted octanol–water partition coefficient (Wildman–Crippen LogP) is 6.29. The van der Waals surface area contributed by atoms with Crippen molar-refractivity contribution in [2.24, 2.45) is 4.99 Å². The highest BCUT2D eigenvalue weighted by Gasteiger charge is 2.28. The highest BCUT2D eigenvalue weighted by atomic mass is 79.9. The number of hydrogen-bond donors (Lipinski definition) is 2. The summed E-state index contributed by atoms with van der Waals surface area (Å²) >= 11 is 6.74. The Hall–Kier alpha value is -2.22. The number of phenolic OH excluding ortho intramolecular Hbond substituents is 1. The van der Waals surface area contributed by atoms with Crippen molar-refractivity contribution >= 4 is 37.6 Å². The van der Waals surface area contributed by atoms with Gasteiger partial charge in [0.15, 0.2) is 0 Å². The van der Waals surface area contributed by atoms with Crippen LogP contribution in [0.5, 0.6) is 11.5 Å². The van der Waals surface area contributed by atoms with E-state index in [4.69, 9.17) is 9.73 Å². The van der Waals surface area contributed by atoms with Gasteiger partial charge in [-0.15, -0.1) is 0 Å². The molecule has 0 radical (unpaired) electrons. The summed E-state index contributed by atoms with van der Waals surface area (Å²) in [6, 6.07) is 17.8. The van der Waals surface area contributed by atoms with E-state index in [0.29, 0.717) is 10.9 Å². The molecule has 0 spiro atoms. The molecule has 2 N–H and O–H groups in total. The molecule has 0 bridgehead atoms. The Kier molecular flexibility index (Phi) is 6.22. The number of nitrogens with one attached hydrogen (secondary N) is 1. The summed E-state index contributed by atoms with van der Waals surface area (Å²) in [6.07, 6.45) is 0.177. The van der Waals surface area contributed by atoms with Crippen LogP contribution in [-0.2, 0) is 0 Å². The number of aromatic hydroxyl groups is 1. The molecule has 0 fully saturated rings. The van der Waals surface area contributed by atoms with Gasteiger partial charge in [0.25, 0.3) is 0 Å². The number of aliphatic imine (C=N–C) groups is 1. The molecular formula is C23H19Br2FN2O2. The van der Waals surface area contributed by atoms with Crippen LogP contribution < -0.4 is 10.1 Å². The molecule has 3 aromatic rings. The molecule has 7 heteroatoms. The van der Waals surface area contributed by atoms with Gasteiger partial charge >= 0.3 is 0 Å². The molecule has 0 aromatic heterocycles. The third-order valence-corrected chi connectivity index (χ3v) is 6.17. The Labute approximate surface area is 191 Å². The largest absolute Gasteiger partial charge is 0.508 e. The molecule has 1 heterocycles. The van der Waals surface area contributed by atoms with Crippen LogP contribution >= 0.6 is 31.9 Å². The lowest BCUT2D eigenvalue weighted by molar-refractivity contribution is 0.410. The second kappa shape index (κ2) is 8.88. The van der Waals surface area contributed by atoms with Crippen molar-refractivity contribution in [2.45, 2.75) is 18.6 Å². The first kappa shape index (κ1) is 21.0. The molecule has 0 saturated heterocycles. The van der Waals surface area contributed by atoms with Crippen molar-refractivity contribution < 1.29 is 14.2 Å². The van der Waals surface area contributed by atoms with Crippen LogP contribution in [0.1, 0.15) is 35.3 Å². The van der Waals surface area contributed by atoms with Gasteiger partial charge in [0.05, 0.1) is 11.6 Å². The van der Waals surface area contributed by atoms with Gasteiger partial charge in [-0.1, -0.05) is 34.1 Å². The molecule has 0 aliphatic carbocycles. The Morgan fingerprint density at radius 3 is 2.70 bits per heavy atom. The van der Waals surface area contributed by atoms with E-state index >= 15 is 0 Å². The number of ether oxygens (including phenoxy) is 1. The molecule has 1 aliphatic rings. The molecule has 2 atom stereocenters. The average molecular weight is 534 g/mol. The van der Waals surface area contributed by atoms with Gasteiger partial charge < -0.3 is 9.84 Å². The highest BCUT2D eigenvalue weighted by molar-refractivity contribution is 9.10. The first-order valence-corrected chi connectivity index (χ1v) is 10.9. The lowest BCUT2D eigenvalue weighted by Gasteiger charge is -2.31. The van der Waals surface area contributed by atoms with Crippen LogP contribution in [0.25, 0.3) is 0 Å². The molecule has 3 aromatic carbocycles. The monoisotopic (exact) mass is 532 g/mol. The maximum atomic E-state index is 13.8. The normalized spacial score (nSPS) is 18.7. The van der Waals surface area contributed by atoms with E-state index in [0.717, 1.165) is 32.6 Å². The highest BCUT2D eigenvalue weighted by Crippen LogP contribution is 2.36. The van der Waals surface area contributed by atoms with Gasteiger partial charge in [-0.3, -0.25) is 10.3 Å². The van der Waals surface area contributed by atoms with Gasteiger partial charge in [0.1, 0.15) is 23.5 Å². The van der Waals surface area contributed by atoms with Crippen molar-refractivity contribution in [2.75, 3.05) is 7.11 Å². The Morgan fingerprint density at radius 1 is 1.10 bits per heavy atom. The maximum Gasteiger partial charge on any atom is 0.137 e. The summed E-state index contributed by atoms with van der Waals surface area (Å²) in [4.78, 5) is 4.91. The van der Waals surface area contributed by atoms with Gasteiger partial charge in [-0.25, -0.2) is 4.39 Å². The molecule has 0 amide bonds. The zero-order valence-corrected chi connectivity index (χ0v) is 19.2. The van der Waals surface area contributed by atoms with E-state index in [1.165, 1.54) is 6.07 Å². The molecular weight excluding hydrogens is 515 g/mol. The Balaban J connectivity index is 1.79. The molecule has 0 saturated carbocycles. The zero-order chi connectivity index (χ0) is 21.3. The second-order valence-electron chi connectivity index (χ2n) is 7.01. The number of nitrogens with zero attached hydrogens (tertiary/aromatic N) is 1. The standard InChI is InChI=1S/C23H19Br2FN2O2/c1-30-16-4-2-3-13(9-16)20-12-21(17-11-15(24)6-8-22(17)29)28-23(27-20)14-5-7-19(26)18(25)10-14/h2-11,21,23,28-29H,12H2,1H3/t21-,23-/m0/s1. The number of phenols is 1. The minimum Gasteiger partial charge on any atom is -0.508 e. The van der Waals surface area contributed by atoms with Gasteiger partial charge in [-0.05, 0) is 69.5 Å². The fourth-order valence-electron chi connectivity index (χ4n) is 3.54. The first-order chi connectivity index (χ1) is 14.4. The number of halogens is 3. The lowest BCUT2D eigenvalue weighted by Crippen LogP contribution is -2.33. The van der Waals surface area contributed by atoms with E-state index in [2.05, 4.69) is 37.2 Å². The van der Waals surface area contributed by atoms with Gasteiger partial charge in [0, 0.05) is 28.2 Å². The Bertz CT molecular complexity index is 1120. The molecule has 0 unspecified atom stereocenters. The Morgan fingerprint density at radius 2 is 1.93 bits per heavy atom. The SMILES string of the molecule is COc1cccc(C2=N[C@H](c3ccc(F)c(Br)c3)N[C@H](c3cc(Br)ccc3O)C2)c1. The lowest BCUT2D eigenvalue weighted by atomic mass is 9.93. The summed E-state index contributed by atoms with van der Waals surface area (Å²) in [5.74, 6) is 0.631. The third-order valence-electron chi connectivity index (χ3n) is 5.07. The quantitative estimate of drug-likeness (QED) is 0.414. The van der Waals surface area contributed by atoms with E-state index in [1.807, 2.05) is 30.3 Å². The van der Waals surface area contributed by atoms with E-state index < -0.39 is 6.17 Å². The summed E-state index contributed by atoms with van der Waals surface area (Å²) < 4.78 is 20.4. The third kappa shape index (κ3) is 4.43. The topological polar surface area (TPSA) is 53.8 Å². The predicted molar refractivity (Wildman–Crippen MR) is 123 cm³/mol. The van der Waals surface area contributed by atoms with Crippen LogP contribution in [0.4, 0.5) is 4.39 Å². The van der Waals surface area contributed by atoms with Crippen molar-refractivity contribution in [1.29, 1.82) is 0 Å². The summed E-state index contributed by atoms with van der Waals surface area (Å²) in [7, 11) is 1.63. The van der Waals surface area contributed by atoms with Gasteiger partial charge in [-0.2, -0.15) is 0 Å². The fraction of sp³-hybridized carbons (Fsp3) is 0.174. The van der Waals surface area contributed by atoms with E-state index in [9.17, 15) is 9.50 Å². The van der Waals surface area contributed by atoms with Crippen molar-refractivity contribution in [3.8, 4) is 11.5 Å². The van der Waals surface area contributed by atoms with Crippen LogP contribution in [0.3, 0.4) is 0 Å². The van der Waals surface area contributed by atoms with Crippen LogP contribution in [0.2, 0.25) is 0 Å². The number of hydrogen-bond acceptors (Lipinski definition) is 4. The van der Waals surface area contributed by atoms with E-state index in [-0.39, 0.29) is 17.6 Å². The summed E-state index contributed by atoms with van der Waals surface area (Å²) in [6.45, 7) is 0. The van der Waals surface area contributed by atoms with Gasteiger partial charge in [0.2, 0.25) is 0 Å². The fourth-order valence-corrected chi connectivity index (χ4v) is 4.32. The number of benzene rings is 3. The van der Waals surface area contributed by atoms with Crippen molar-refractivity contribution in [3.63, 3.8) is 0 Å².